The van der Waals surface area contributed by atoms with Crippen molar-refractivity contribution in [1.29, 1.82) is 0 Å². The van der Waals surface area contributed by atoms with Crippen molar-refractivity contribution in [3.05, 3.63) is 158 Å². The van der Waals surface area contributed by atoms with Gasteiger partial charge in [0.25, 0.3) is 0 Å². The number of aliphatic imine (C=N–C) groups is 1. The van der Waals surface area contributed by atoms with Crippen molar-refractivity contribution in [2.24, 2.45) is 22.6 Å². The summed E-state index contributed by atoms with van der Waals surface area (Å²) >= 11 is 0. The monoisotopic (exact) mass is 600 g/mol. The first kappa shape index (κ1) is 28.1. The number of benzene rings is 3. The maximum absolute atomic E-state index is 7.12. The molecule has 2 nitrogen and oxygen atoms in total. The molecule has 2 N–H and O–H groups in total. The molecule has 0 saturated carbocycles. The molecule has 230 valence electrons. The van der Waals surface area contributed by atoms with Crippen LogP contribution in [0.3, 0.4) is 0 Å². The molecule has 3 aromatic rings. The number of nitrogens with two attached hydrogens (primary N) is 1. The van der Waals surface area contributed by atoms with Gasteiger partial charge in [0.05, 0.1) is 0 Å². The highest BCUT2D eigenvalue weighted by Gasteiger charge is 2.66. The Morgan fingerprint density at radius 2 is 1.54 bits per heavy atom. The second kappa shape index (κ2) is 9.91. The Kier molecular flexibility index (Phi) is 6.05. The summed E-state index contributed by atoms with van der Waals surface area (Å²) in [5, 5.41) is 0. The molecule has 0 fully saturated rings. The van der Waals surface area contributed by atoms with Gasteiger partial charge in [-0.3, -0.25) is 4.99 Å². The van der Waals surface area contributed by atoms with Gasteiger partial charge >= 0.3 is 0 Å². The van der Waals surface area contributed by atoms with E-state index in [1.165, 1.54) is 16.7 Å². The zero-order valence-corrected chi connectivity index (χ0v) is 27.6. The Bertz CT molecular complexity index is 1980. The van der Waals surface area contributed by atoms with Gasteiger partial charge in [0.1, 0.15) is 6.04 Å². The first-order valence-electron chi connectivity index (χ1n) is 17.4. The van der Waals surface area contributed by atoms with Gasteiger partial charge in [-0.05, 0) is 106 Å². The molecule has 0 radical (unpaired) electrons. The summed E-state index contributed by atoms with van der Waals surface area (Å²) in [7, 11) is 0. The fourth-order valence-electron chi connectivity index (χ4n) is 10.9. The van der Waals surface area contributed by atoms with E-state index in [0.29, 0.717) is 23.7 Å². The predicted molar refractivity (Wildman–Crippen MR) is 191 cm³/mol. The normalized spacial score (nSPS) is 31.8. The second-order valence-corrected chi connectivity index (χ2v) is 15.2. The van der Waals surface area contributed by atoms with Gasteiger partial charge in [-0.2, -0.15) is 0 Å². The molecule has 46 heavy (non-hydrogen) atoms. The summed E-state index contributed by atoms with van der Waals surface area (Å²) in [5.41, 5.74) is 24.5. The molecule has 3 aromatic carbocycles. The number of rotatable bonds is 3. The van der Waals surface area contributed by atoms with Crippen LogP contribution in [0.4, 0.5) is 0 Å². The fraction of sp³-hybridized carbons (Fsp3) is 0.341. The van der Waals surface area contributed by atoms with E-state index in [2.05, 4.69) is 131 Å². The Labute approximate surface area is 274 Å². The molecular formula is C44H44N2. The molecule has 5 aliphatic carbocycles. The molecule has 9 rings (SSSR count). The summed E-state index contributed by atoms with van der Waals surface area (Å²) in [6.45, 7) is 9.53. The van der Waals surface area contributed by atoms with Crippen LogP contribution >= 0.6 is 0 Å². The van der Waals surface area contributed by atoms with Crippen molar-refractivity contribution in [1.82, 2.24) is 0 Å². The van der Waals surface area contributed by atoms with Crippen molar-refractivity contribution in [2.45, 2.75) is 82.1 Å². The lowest BCUT2D eigenvalue weighted by molar-refractivity contribution is 0.352. The topological polar surface area (TPSA) is 38.4 Å². The first-order valence-corrected chi connectivity index (χ1v) is 17.4. The van der Waals surface area contributed by atoms with Crippen LogP contribution in [0.5, 0.6) is 0 Å². The highest BCUT2D eigenvalue weighted by Crippen LogP contribution is 2.75. The lowest BCUT2D eigenvalue weighted by Gasteiger charge is -2.43. The van der Waals surface area contributed by atoms with E-state index in [1.807, 2.05) is 0 Å². The predicted octanol–water partition coefficient (Wildman–Crippen LogP) is 9.87. The average molecular weight is 601 g/mol. The molecule has 6 aliphatic rings. The minimum Gasteiger partial charge on any atom is -0.400 e. The van der Waals surface area contributed by atoms with Crippen molar-refractivity contribution in [3.8, 4) is 0 Å². The van der Waals surface area contributed by atoms with Gasteiger partial charge in [-0.25, -0.2) is 0 Å². The highest BCUT2D eigenvalue weighted by atomic mass is 14.9. The summed E-state index contributed by atoms with van der Waals surface area (Å²) < 4.78 is 0. The van der Waals surface area contributed by atoms with Gasteiger partial charge in [0, 0.05) is 29.2 Å². The molecule has 5 unspecified atom stereocenters. The van der Waals surface area contributed by atoms with Gasteiger partial charge in [0.15, 0.2) is 0 Å². The van der Waals surface area contributed by atoms with Crippen LogP contribution < -0.4 is 5.73 Å². The van der Waals surface area contributed by atoms with Crippen LogP contribution in [0.1, 0.15) is 93.0 Å². The summed E-state index contributed by atoms with van der Waals surface area (Å²) in [6.07, 6.45) is 13.7. The van der Waals surface area contributed by atoms with E-state index in [4.69, 9.17) is 10.7 Å². The number of allylic oxidation sites excluding steroid dienone is 8. The molecule has 1 heterocycles. The fourth-order valence-corrected chi connectivity index (χ4v) is 10.9. The SMILES string of the molecule is C/C=C(/c1ccccc1)C1N=CC(C2CCC3=C(C2)C2(C4=C3C=C[C@H](C)C4)c3ccccc3C3C2c2ccccc2C3(C)C)=C1N. The van der Waals surface area contributed by atoms with E-state index >= 15 is 0 Å². The molecular weight excluding hydrogens is 556 g/mol. The number of fused-ring (bicyclic) bond motifs is 10. The molecule has 1 aliphatic heterocycles. The third-order valence-corrected chi connectivity index (χ3v) is 12.7. The average Bonchev–Trinajstić information content (AvgIpc) is 3.76. The number of nitrogens with zero attached hydrogens (tertiary/aromatic N) is 1. The zero-order chi connectivity index (χ0) is 31.4. The quantitative estimate of drug-likeness (QED) is 0.319. The van der Waals surface area contributed by atoms with Crippen LogP contribution in [0.25, 0.3) is 5.57 Å². The van der Waals surface area contributed by atoms with Crippen molar-refractivity contribution in [2.75, 3.05) is 0 Å². The summed E-state index contributed by atoms with van der Waals surface area (Å²) in [4.78, 5) is 5.09. The van der Waals surface area contributed by atoms with E-state index in [1.54, 1.807) is 44.5 Å². The van der Waals surface area contributed by atoms with Gasteiger partial charge < -0.3 is 5.73 Å². The first-order chi connectivity index (χ1) is 22.4. The largest absolute Gasteiger partial charge is 0.400 e. The molecule has 0 saturated heterocycles. The maximum atomic E-state index is 7.12. The molecule has 0 amide bonds. The van der Waals surface area contributed by atoms with Crippen LogP contribution in [0.15, 0.2) is 136 Å². The van der Waals surface area contributed by atoms with Gasteiger partial charge in [-0.15, -0.1) is 0 Å². The van der Waals surface area contributed by atoms with Crippen LogP contribution in [0, 0.1) is 11.8 Å². The summed E-state index contributed by atoms with van der Waals surface area (Å²) in [6, 6.07) is 29.5. The van der Waals surface area contributed by atoms with Crippen molar-refractivity contribution in [3.63, 3.8) is 0 Å². The number of hydrogen-bond acceptors (Lipinski definition) is 2. The van der Waals surface area contributed by atoms with E-state index < -0.39 is 0 Å². The Morgan fingerprint density at radius 1 is 0.848 bits per heavy atom. The van der Waals surface area contributed by atoms with E-state index in [-0.39, 0.29) is 16.9 Å². The smallest absolute Gasteiger partial charge is 0.115 e. The molecule has 6 atom stereocenters. The van der Waals surface area contributed by atoms with E-state index in [0.717, 1.165) is 31.4 Å². The van der Waals surface area contributed by atoms with Crippen molar-refractivity contribution >= 4 is 11.8 Å². The summed E-state index contributed by atoms with van der Waals surface area (Å²) in [5.74, 6) is 1.78. The highest BCUT2D eigenvalue weighted by molar-refractivity contribution is 5.89. The van der Waals surface area contributed by atoms with Crippen LogP contribution in [0.2, 0.25) is 0 Å². The zero-order valence-electron chi connectivity index (χ0n) is 27.6. The number of hydrogen-bond donors (Lipinski definition) is 1. The van der Waals surface area contributed by atoms with Gasteiger partial charge in [-0.1, -0.05) is 123 Å². The lowest BCUT2D eigenvalue weighted by Crippen LogP contribution is -2.36. The second-order valence-electron chi connectivity index (χ2n) is 15.2. The van der Waals surface area contributed by atoms with Gasteiger partial charge in [0.2, 0.25) is 0 Å². The third-order valence-electron chi connectivity index (χ3n) is 12.7. The minimum absolute atomic E-state index is 0.0632. The standard InChI is InChI=1S/C44H44N2/c1-5-29(27-13-7-6-8-14-27)42-41(45)34(25-46-42)28-20-22-31-30-21-19-26(2)23-37(30)44(38(31)24-28)36-18-12-10-16-33(36)39-40(44)32-15-9-11-17-35(32)43(39,3)4/h5-19,21,25-26,28,39-40,42H,20,22-24,45H2,1-4H3/b29-5-/t26-,28?,39?,40?,42?,44?/m0/s1. The maximum Gasteiger partial charge on any atom is 0.115 e. The molecule has 0 aromatic heterocycles. The molecule has 2 heteroatoms. The molecule has 0 bridgehead atoms. The van der Waals surface area contributed by atoms with Crippen molar-refractivity contribution < 1.29 is 0 Å². The third kappa shape index (κ3) is 3.51. The van der Waals surface area contributed by atoms with Crippen LogP contribution in [-0.4, -0.2) is 12.3 Å². The molecule has 1 spiro atoms. The van der Waals surface area contributed by atoms with Crippen LogP contribution in [-0.2, 0) is 10.8 Å². The minimum atomic E-state index is -0.107. The lowest BCUT2D eigenvalue weighted by atomic mass is 9.59. The Morgan fingerprint density at radius 3 is 2.30 bits per heavy atom. The Balaban J connectivity index is 1.21. The van der Waals surface area contributed by atoms with E-state index in [9.17, 15) is 0 Å². The Hall–Kier alpha value is -4.17.